The molecule has 0 aromatic heterocycles. The Morgan fingerprint density at radius 1 is 1.24 bits per heavy atom. The van der Waals surface area contributed by atoms with E-state index in [9.17, 15) is 4.79 Å². The molecular weight excluding hydrogens is 212 g/mol. The number of nitrogens with zero attached hydrogens (tertiary/aromatic N) is 1. The first-order chi connectivity index (χ1) is 8.25. The van der Waals surface area contributed by atoms with Gasteiger partial charge in [0.2, 0.25) is 0 Å². The molecular formula is C14H18N2O. The smallest absolute Gasteiger partial charge is 0.317 e. The molecule has 1 aliphatic heterocycles. The van der Waals surface area contributed by atoms with Crippen molar-refractivity contribution in [3.05, 3.63) is 35.9 Å². The summed E-state index contributed by atoms with van der Waals surface area (Å²) in [7, 11) is 1.91. The van der Waals surface area contributed by atoms with E-state index >= 15 is 0 Å². The Kier molecular flexibility index (Phi) is 2.54. The number of carbonyl (C=O) groups is 1. The maximum Gasteiger partial charge on any atom is 0.317 e. The fourth-order valence-corrected chi connectivity index (χ4v) is 3.18. The van der Waals surface area contributed by atoms with Gasteiger partial charge in [0.15, 0.2) is 0 Å². The molecule has 1 aliphatic carbocycles. The SMILES string of the molecule is CN1C(=O)NC2CCC(c3ccccc3)CC21. The molecule has 1 aromatic carbocycles. The minimum absolute atomic E-state index is 0.0914. The fraction of sp³-hybridized carbons (Fsp3) is 0.500. The van der Waals surface area contributed by atoms with Crippen molar-refractivity contribution in [2.45, 2.75) is 37.3 Å². The quantitative estimate of drug-likeness (QED) is 0.789. The van der Waals surface area contributed by atoms with E-state index < -0.39 is 0 Å². The first-order valence-corrected chi connectivity index (χ1v) is 6.34. The number of nitrogens with one attached hydrogen (secondary N) is 1. The Morgan fingerprint density at radius 2 is 2.00 bits per heavy atom. The van der Waals surface area contributed by atoms with Gasteiger partial charge in [0, 0.05) is 7.05 Å². The summed E-state index contributed by atoms with van der Waals surface area (Å²) in [5, 5.41) is 3.06. The minimum atomic E-state index is 0.0914. The molecule has 2 fully saturated rings. The zero-order valence-electron chi connectivity index (χ0n) is 10.1. The van der Waals surface area contributed by atoms with Crippen molar-refractivity contribution in [1.82, 2.24) is 10.2 Å². The Morgan fingerprint density at radius 3 is 2.76 bits per heavy atom. The molecule has 0 radical (unpaired) electrons. The number of hydrogen-bond acceptors (Lipinski definition) is 1. The zero-order valence-corrected chi connectivity index (χ0v) is 10.1. The molecule has 2 aliphatic rings. The Balaban J connectivity index is 1.78. The number of urea groups is 1. The maximum atomic E-state index is 11.6. The number of benzene rings is 1. The van der Waals surface area contributed by atoms with E-state index in [4.69, 9.17) is 0 Å². The molecule has 1 N–H and O–H groups in total. The highest BCUT2D eigenvalue weighted by Gasteiger charge is 2.41. The van der Waals surface area contributed by atoms with Crippen molar-refractivity contribution in [3.8, 4) is 0 Å². The summed E-state index contributed by atoms with van der Waals surface area (Å²) in [5.74, 6) is 0.604. The van der Waals surface area contributed by atoms with Crippen LogP contribution in [0.25, 0.3) is 0 Å². The molecule has 0 bridgehead atoms. The molecule has 1 aromatic rings. The van der Waals surface area contributed by atoms with Gasteiger partial charge in [-0.05, 0) is 30.7 Å². The van der Waals surface area contributed by atoms with E-state index in [1.54, 1.807) is 0 Å². The van der Waals surface area contributed by atoms with Gasteiger partial charge >= 0.3 is 6.03 Å². The van der Waals surface area contributed by atoms with Gasteiger partial charge in [-0.2, -0.15) is 0 Å². The summed E-state index contributed by atoms with van der Waals surface area (Å²) >= 11 is 0. The number of fused-ring (bicyclic) bond motifs is 1. The third-order valence-electron chi connectivity index (χ3n) is 4.21. The highest BCUT2D eigenvalue weighted by atomic mass is 16.2. The molecule has 3 heteroatoms. The van der Waals surface area contributed by atoms with Crippen molar-refractivity contribution < 1.29 is 4.79 Å². The van der Waals surface area contributed by atoms with E-state index in [1.807, 2.05) is 11.9 Å². The molecule has 3 unspecified atom stereocenters. The average molecular weight is 230 g/mol. The van der Waals surface area contributed by atoms with Crippen molar-refractivity contribution in [2.75, 3.05) is 7.05 Å². The molecule has 3 rings (SSSR count). The number of hydrogen-bond donors (Lipinski definition) is 1. The zero-order chi connectivity index (χ0) is 11.8. The van der Waals surface area contributed by atoms with E-state index in [-0.39, 0.29) is 6.03 Å². The summed E-state index contributed by atoms with van der Waals surface area (Å²) in [6.45, 7) is 0. The van der Waals surface area contributed by atoms with Crippen LogP contribution in [0.3, 0.4) is 0 Å². The van der Waals surface area contributed by atoms with E-state index in [0.29, 0.717) is 18.0 Å². The van der Waals surface area contributed by atoms with Crippen LogP contribution in [-0.4, -0.2) is 30.1 Å². The highest BCUT2D eigenvalue weighted by molar-refractivity contribution is 5.77. The van der Waals surface area contributed by atoms with E-state index in [2.05, 4.69) is 35.6 Å². The van der Waals surface area contributed by atoms with Crippen LogP contribution in [0.5, 0.6) is 0 Å². The van der Waals surface area contributed by atoms with Gasteiger partial charge in [-0.15, -0.1) is 0 Å². The first kappa shape index (κ1) is 10.6. The lowest BCUT2D eigenvalue weighted by Crippen LogP contribution is -2.39. The van der Waals surface area contributed by atoms with Crippen LogP contribution in [0, 0.1) is 0 Å². The van der Waals surface area contributed by atoms with Gasteiger partial charge in [-0.1, -0.05) is 30.3 Å². The summed E-state index contributed by atoms with van der Waals surface area (Å²) in [6.07, 6.45) is 3.36. The predicted molar refractivity (Wildman–Crippen MR) is 66.9 cm³/mol. The summed E-state index contributed by atoms with van der Waals surface area (Å²) in [5.41, 5.74) is 1.42. The summed E-state index contributed by atoms with van der Waals surface area (Å²) in [6, 6.07) is 11.5. The Bertz CT molecular complexity index is 417. The molecule has 1 heterocycles. The number of likely N-dealkylation sites (N-methyl/N-ethyl adjacent to an activating group) is 1. The van der Waals surface area contributed by atoms with Gasteiger partial charge < -0.3 is 10.2 Å². The van der Waals surface area contributed by atoms with Crippen molar-refractivity contribution in [3.63, 3.8) is 0 Å². The van der Waals surface area contributed by atoms with Crippen LogP contribution in [0.1, 0.15) is 30.7 Å². The lowest BCUT2D eigenvalue weighted by molar-refractivity contribution is 0.203. The molecule has 2 amide bonds. The highest BCUT2D eigenvalue weighted by Crippen LogP contribution is 2.36. The molecule has 1 saturated heterocycles. The Hall–Kier alpha value is -1.51. The van der Waals surface area contributed by atoms with Crippen molar-refractivity contribution in [1.29, 1.82) is 0 Å². The average Bonchev–Trinajstić information content (AvgIpc) is 2.66. The number of rotatable bonds is 1. The van der Waals surface area contributed by atoms with Crippen molar-refractivity contribution >= 4 is 6.03 Å². The van der Waals surface area contributed by atoms with Crippen LogP contribution < -0.4 is 5.32 Å². The van der Waals surface area contributed by atoms with Gasteiger partial charge in [-0.3, -0.25) is 0 Å². The van der Waals surface area contributed by atoms with E-state index in [0.717, 1.165) is 12.8 Å². The molecule has 3 nitrogen and oxygen atoms in total. The van der Waals surface area contributed by atoms with Gasteiger partial charge in [0.25, 0.3) is 0 Å². The summed E-state index contributed by atoms with van der Waals surface area (Å²) < 4.78 is 0. The number of amides is 2. The predicted octanol–water partition coefficient (Wildman–Crippen LogP) is 2.35. The van der Waals surface area contributed by atoms with Crippen LogP contribution in [-0.2, 0) is 0 Å². The maximum absolute atomic E-state index is 11.6. The van der Waals surface area contributed by atoms with Crippen LogP contribution in [0.4, 0.5) is 4.79 Å². The molecule has 3 atom stereocenters. The summed E-state index contributed by atoms with van der Waals surface area (Å²) in [4.78, 5) is 13.5. The lowest BCUT2D eigenvalue weighted by Gasteiger charge is -2.33. The normalized spacial score (nSPS) is 32.2. The van der Waals surface area contributed by atoms with Crippen LogP contribution >= 0.6 is 0 Å². The van der Waals surface area contributed by atoms with Gasteiger partial charge in [-0.25, -0.2) is 4.79 Å². The molecule has 1 saturated carbocycles. The molecule has 90 valence electrons. The first-order valence-electron chi connectivity index (χ1n) is 6.34. The number of carbonyl (C=O) groups excluding carboxylic acids is 1. The van der Waals surface area contributed by atoms with Gasteiger partial charge in [0.05, 0.1) is 12.1 Å². The third kappa shape index (κ3) is 1.79. The lowest BCUT2D eigenvalue weighted by atomic mass is 9.79. The fourth-order valence-electron chi connectivity index (χ4n) is 3.18. The largest absolute Gasteiger partial charge is 0.333 e. The minimum Gasteiger partial charge on any atom is -0.333 e. The Labute approximate surface area is 102 Å². The second-order valence-corrected chi connectivity index (χ2v) is 5.15. The van der Waals surface area contributed by atoms with E-state index in [1.165, 1.54) is 12.0 Å². The third-order valence-corrected chi connectivity index (χ3v) is 4.21. The second kappa shape index (κ2) is 4.06. The molecule has 17 heavy (non-hydrogen) atoms. The van der Waals surface area contributed by atoms with Gasteiger partial charge in [0.1, 0.15) is 0 Å². The standard InChI is InChI=1S/C14H18N2O/c1-16-13-9-11(10-5-3-2-4-6-10)7-8-12(13)15-14(16)17/h2-6,11-13H,7-9H2,1H3,(H,15,17). The topological polar surface area (TPSA) is 32.3 Å². The molecule has 0 spiro atoms. The van der Waals surface area contributed by atoms with Crippen LogP contribution in [0.15, 0.2) is 30.3 Å². The monoisotopic (exact) mass is 230 g/mol. The van der Waals surface area contributed by atoms with Crippen molar-refractivity contribution in [2.24, 2.45) is 0 Å². The van der Waals surface area contributed by atoms with Crippen LogP contribution in [0.2, 0.25) is 0 Å². The second-order valence-electron chi connectivity index (χ2n) is 5.15.